The van der Waals surface area contributed by atoms with E-state index in [-0.39, 0.29) is 31.1 Å². The molecule has 0 bridgehead atoms. The molecule has 0 saturated carbocycles. The van der Waals surface area contributed by atoms with Gasteiger partial charge in [-0.15, -0.1) is 0 Å². The predicted molar refractivity (Wildman–Crippen MR) is 330 cm³/mol. The van der Waals surface area contributed by atoms with E-state index >= 15 is 0 Å². The number of rotatable bonds is 61. The molecule has 0 radical (unpaired) electrons. The van der Waals surface area contributed by atoms with Crippen molar-refractivity contribution in [1.29, 1.82) is 0 Å². The van der Waals surface area contributed by atoms with Crippen molar-refractivity contribution in [1.82, 2.24) is 0 Å². The third kappa shape index (κ3) is 62.0. The number of esters is 3. The number of carbonyl (C=O) groups is 3. The van der Waals surface area contributed by atoms with E-state index in [1.165, 1.54) is 225 Å². The molecule has 0 aliphatic carbocycles. The van der Waals surface area contributed by atoms with Gasteiger partial charge in [-0.25, -0.2) is 0 Å². The monoisotopic (exact) mass is 1060 g/mol. The Balaban J connectivity index is 4.14. The summed E-state index contributed by atoms with van der Waals surface area (Å²) in [6.07, 6.45) is 82.5. The molecule has 1 unspecified atom stereocenters. The van der Waals surface area contributed by atoms with Crippen LogP contribution in [0.2, 0.25) is 0 Å². The van der Waals surface area contributed by atoms with Crippen molar-refractivity contribution in [3.8, 4) is 0 Å². The summed E-state index contributed by atoms with van der Waals surface area (Å²) >= 11 is 0. The van der Waals surface area contributed by atoms with E-state index in [0.29, 0.717) is 19.3 Å². The minimum absolute atomic E-state index is 0.0773. The van der Waals surface area contributed by atoms with Gasteiger partial charge in [0, 0.05) is 19.3 Å². The fraction of sp³-hybridized carbons (Fsp3) is 0.814. The summed E-state index contributed by atoms with van der Waals surface area (Å²) in [6.45, 7) is 6.61. The Hall–Kier alpha value is -2.89. The fourth-order valence-corrected chi connectivity index (χ4v) is 9.66. The zero-order chi connectivity index (χ0) is 55.0. The fourth-order valence-electron chi connectivity index (χ4n) is 9.66. The van der Waals surface area contributed by atoms with Crippen LogP contribution in [0.1, 0.15) is 348 Å². The summed E-state index contributed by atoms with van der Waals surface area (Å²) in [5.74, 6) is -0.880. The summed E-state index contributed by atoms with van der Waals surface area (Å²) in [6, 6.07) is 0. The highest BCUT2D eigenvalue weighted by Gasteiger charge is 2.19. The first-order chi connectivity index (χ1) is 37.5. The number of hydrogen-bond acceptors (Lipinski definition) is 6. The Bertz CT molecular complexity index is 1360. The van der Waals surface area contributed by atoms with Crippen LogP contribution in [-0.2, 0) is 28.6 Å². The first kappa shape index (κ1) is 73.1. The zero-order valence-corrected chi connectivity index (χ0v) is 50.8. The molecule has 0 heterocycles. The molecule has 0 fully saturated rings. The molecule has 0 rings (SSSR count). The second-order valence-corrected chi connectivity index (χ2v) is 22.4. The third-order valence-corrected chi connectivity index (χ3v) is 14.7. The molecule has 6 heteroatoms. The molecule has 0 saturated heterocycles. The van der Waals surface area contributed by atoms with E-state index in [9.17, 15) is 14.4 Å². The van der Waals surface area contributed by atoms with Gasteiger partial charge < -0.3 is 14.2 Å². The Morgan fingerprint density at radius 1 is 0.263 bits per heavy atom. The minimum Gasteiger partial charge on any atom is -0.462 e. The molecule has 0 spiro atoms. The quantitative estimate of drug-likeness (QED) is 0.0261. The van der Waals surface area contributed by atoms with E-state index in [4.69, 9.17) is 14.2 Å². The third-order valence-electron chi connectivity index (χ3n) is 14.7. The molecule has 0 aromatic rings. The van der Waals surface area contributed by atoms with Gasteiger partial charge in [0.15, 0.2) is 6.10 Å². The molecule has 76 heavy (non-hydrogen) atoms. The van der Waals surface area contributed by atoms with Gasteiger partial charge in [0.25, 0.3) is 0 Å². The van der Waals surface area contributed by atoms with Crippen molar-refractivity contribution in [2.75, 3.05) is 13.2 Å². The molecular formula is C70H126O6. The SMILES string of the molecule is CCCC/C=C\CCCCCCCC(=O)OCC(COC(=O)CCCCCCCCCCCCCCCCCC/C=C\C/C=C\C/C=C\CCCCCCC)OC(=O)CCCCCCC/C=C\CCCCCCCCC. The Morgan fingerprint density at radius 3 is 0.789 bits per heavy atom. The van der Waals surface area contributed by atoms with Crippen LogP contribution in [0, 0.1) is 0 Å². The van der Waals surface area contributed by atoms with Gasteiger partial charge in [0.05, 0.1) is 0 Å². The first-order valence-corrected chi connectivity index (χ1v) is 33.3. The Morgan fingerprint density at radius 2 is 0.487 bits per heavy atom. The minimum atomic E-state index is -0.780. The lowest BCUT2D eigenvalue weighted by atomic mass is 10.0. The molecule has 0 aromatic heterocycles. The highest BCUT2D eigenvalue weighted by Crippen LogP contribution is 2.17. The van der Waals surface area contributed by atoms with Crippen LogP contribution in [0.25, 0.3) is 0 Å². The second kappa shape index (κ2) is 64.6. The maximum atomic E-state index is 12.9. The molecule has 6 nitrogen and oxygen atoms in total. The van der Waals surface area contributed by atoms with Gasteiger partial charge in [0.1, 0.15) is 13.2 Å². The lowest BCUT2D eigenvalue weighted by Crippen LogP contribution is -2.30. The van der Waals surface area contributed by atoms with E-state index in [0.717, 1.165) is 83.5 Å². The lowest BCUT2D eigenvalue weighted by Gasteiger charge is -2.18. The first-order valence-electron chi connectivity index (χ1n) is 33.3. The number of ether oxygens (including phenoxy) is 3. The molecule has 0 N–H and O–H groups in total. The summed E-state index contributed by atoms with van der Waals surface area (Å²) < 4.78 is 16.9. The smallest absolute Gasteiger partial charge is 0.306 e. The second-order valence-electron chi connectivity index (χ2n) is 22.4. The molecule has 0 amide bonds. The molecule has 0 aromatic carbocycles. The highest BCUT2D eigenvalue weighted by molar-refractivity contribution is 5.71. The molecule has 1 atom stereocenters. The number of unbranched alkanes of at least 4 members (excludes halogenated alkanes) is 40. The average Bonchev–Trinajstić information content (AvgIpc) is 3.42. The normalized spacial score (nSPS) is 12.4. The number of hydrogen-bond donors (Lipinski definition) is 0. The zero-order valence-electron chi connectivity index (χ0n) is 50.8. The lowest BCUT2D eigenvalue weighted by molar-refractivity contribution is -0.167. The van der Waals surface area contributed by atoms with Crippen LogP contribution in [-0.4, -0.2) is 37.2 Å². The van der Waals surface area contributed by atoms with Crippen molar-refractivity contribution in [2.45, 2.75) is 354 Å². The van der Waals surface area contributed by atoms with Gasteiger partial charge in [0.2, 0.25) is 0 Å². The number of allylic oxidation sites excluding steroid dienone is 10. The van der Waals surface area contributed by atoms with Crippen LogP contribution in [0.5, 0.6) is 0 Å². The van der Waals surface area contributed by atoms with Crippen molar-refractivity contribution < 1.29 is 28.6 Å². The maximum Gasteiger partial charge on any atom is 0.306 e. The molecular weight excluding hydrogens is 937 g/mol. The van der Waals surface area contributed by atoms with Crippen LogP contribution >= 0.6 is 0 Å². The molecule has 442 valence electrons. The van der Waals surface area contributed by atoms with Gasteiger partial charge >= 0.3 is 17.9 Å². The van der Waals surface area contributed by atoms with Crippen LogP contribution in [0.4, 0.5) is 0 Å². The summed E-state index contributed by atoms with van der Waals surface area (Å²) in [7, 11) is 0. The highest BCUT2D eigenvalue weighted by atomic mass is 16.6. The largest absolute Gasteiger partial charge is 0.462 e. The van der Waals surface area contributed by atoms with Crippen LogP contribution in [0.15, 0.2) is 60.8 Å². The van der Waals surface area contributed by atoms with Gasteiger partial charge in [-0.1, -0.05) is 287 Å². The maximum absolute atomic E-state index is 12.9. The van der Waals surface area contributed by atoms with Crippen molar-refractivity contribution >= 4 is 17.9 Å². The molecule has 0 aliphatic rings. The van der Waals surface area contributed by atoms with E-state index in [1.54, 1.807) is 0 Å². The topological polar surface area (TPSA) is 78.9 Å². The van der Waals surface area contributed by atoms with Gasteiger partial charge in [-0.3, -0.25) is 14.4 Å². The summed E-state index contributed by atoms with van der Waals surface area (Å²) in [5.41, 5.74) is 0. The van der Waals surface area contributed by atoms with Crippen molar-refractivity contribution in [3.63, 3.8) is 0 Å². The van der Waals surface area contributed by atoms with E-state index in [2.05, 4.69) is 81.5 Å². The van der Waals surface area contributed by atoms with Crippen LogP contribution in [0.3, 0.4) is 0 Å². The van der Waals surface area contributed by atoms with Crippen LogP contribution < -0.4 is 0 Å². The summed E-state index contributed by atoms with van der Waals surface area (Å²) in [5, 5.41) is 0. The van der Waals surface area contributed by atoms with Crippen molar-refractivity contribution in [2.24, 2.45) is 0 Å². The van der Waals surface area contributed by atoms with Gasteiger partial charge in [-0.05, 0) is 103 Å². The standard InChI is InChI=1S/C70H126O6/c1-4-7-10-13-16-19-22-24-26-28-29-30-31-32-33-34-35-36-37-38-39-40-41-42-44-45-48-51-54-57-60-63-69(72)75-66-67(65-74-68(71)62-59-56-53-50-47-21-18-15-12-9-6-3)76-70(73)64-61-58-55-52-49-46-43-27-25-23-20-17-14-11-8-5-2/h15,18,22,24,27-29,31-32,43,67H,4-14,16-17,19-21,23,25-26,30,33-42,44-66H2,1-3H3/b18-15-,24-22-,29-28-,32-31-,43-27-. The van der Waals surface area contributed by atoms with E-state index < -0.39 is 6.10 Å². The van der Waals surface area contributed by atoms with E-state index in [1.807, 2.05) is 0 Å². The Kier molecular flexibility index (Phi) is 62.2. The average molecular weight is 1060 g/mol. The summed E-state index contributed by atoms with van der Waals surface area (Å²) in [4.78, 5) is 38.2. The van der Waals surface area contributed by atoms with Gasteiger partial charge in [-0.2, -0.15) is 0 Å². The van der Waals surface area contributed by atoms with Crippen molar-refractivity contribution in [3.05, 3.63) is 60.8 Å². The predicted octanol–water partition coefficient (Wildman–Crippen LogP) is 22.7. The number of carbonyl (C=O) groups excluding carboxylic acids is 3. The molecule has 0 aliphatic heterocycles. The Labute approximate surface area is 472 Å².